The highest BCUT2D eigenvalue weighted by molar-refractivity contribution is 7.89. The summed E-state index contributed by atoms with van der Waals surface area (Å²) in [4.78, 5) is -0.235. The van der Waals surface area contributed by atoms with Gasteiger partial charge in [-0.15, -0.1) is 0 Å². The number of ether oxygens (including phenoxy) is 1. The van der Waals surface area contributed by atoms with E-state index < -0.39 is 21.4 Å². The van der Waals surface area contributed by atoms with Crippen LogP contribution in [0.2, 0.25) is 5.02 Å². The molecular formula is C11H14ClFN2O3S. The Balaban J connectivity index is 2.37. The lowest BCUT2D eigenvalue weighted by Gasteiger charge is -2.23. The summed E-state index contributed by atoms with van der Waals surface area (Å²) in [5, 5.41) is -0.207. The molecule has 1 fully saturated rings. The minimum atomic E-state index is -3.88. The average molecular weight is 309 g/mol. The van der Waals surface area contributed by atoms with Gasteiger partial charge < -0.3 is 10.5 Å². The van der Waals surface area contributed by atoms with E-state index in [0.29, 0.717) is 13.0 Å². The van der Waals surface area contributed by atoms with Crippen LogP contribution in [0.4, 0.5) is 10.1 Å². The lowest BCUT2D eigenvalue weighted by atomic mass is 10.0. The second-order valence-electron chi connectivity index (χ2n) is 4.77. The van der Waals surface area contributed by atoms with Crippen molar-refractivity contribution in [3.8, 4) is 0 Å². The molecule has 0 bridgehead atoms. The minimum absolute atomic E-state index is 0.207. The molecule has 1 unspecified atom stereocenters. The number of nitrogens with one attached hydrogen (secondary N) is 1. The van der Waals surface area contributed by atoms with E-state index in [1.54, 1.807) is 6.92 Å². The van der Waals surface area contributed by atoms with Crippen LogP contribution < -0.4 is 10.5 Å². The van der Waals surface area contributed by atoms with Crippen molar-refractivity contribution in [2.45, 2.75) is 23.8 Å². The number of benzene rings is 1. The molecule has 1 saturated heterocycles. The largest absolute Gasteiger partial charge is 0.396 e. The number of nitrogen functional groups attached to an aromatic ring is 1. The molecule has 3 N–H and O–H groups in total. The Kier molecular flexibility index (Phi) is 3.74. The molecule has 0 spiro atoms. The van der Waals surface area contributed by atoms with Gasteiger partial charge in [-0.2, -0.15) is 0 Å². The summed E-state index contributed by atoms with van der Waals surface area (Å²) in [5.41, 5.74) is 4.42. The number of hydrogen-bond donors (Lipinski definition) is 2. The van der Waals surface area contributed by atoms with Crippen LogP contribution in [0.5, 0.6) is 0 Å². The Hall–Kier alpha value is -0.890. The number of nitrogens with two attached hydrogens (primary N) is 1. The molecule has 0 amide bonds. The van der Waals surface area contributed by atoms with E-state index in [4.69, 9.17) is 22.1 Å². The van der Waals surface area contributed by atoms with Crippen LogP contribution in [0.25, 0.3) is 0 Å². The predicted octanol–water partition coefficient (Wildman–Crippen LogP) is 1.52. The summed E-state index contributed by atoms with van der Waals surface area (Å²) in [5.74, 6) is -0.751. The van der Waals surface area contributed by atoms with Crippen LogP contribution in [-0.4, -0.2) is 27.2 Å². The Morgan fingerprint density at radius 3 is 2.79 bits per heavy atom. The van der Waals surface area contributed by atoms with Crippen molar-refractivity contribution in [1.29, 1.82) is 0 Å². The fourth-order valence-electron chi connectivity index (χ4n) is 1.88. The Labute approximate surface area is 115 Å². The van der Waals surface area contributed by atoms with Gasteiger partial charge in [-0.1, -0.05) is 11.6 Å². The summed E-state index contributed by atoms with van der Waals surface area (Å²) in [6, 6.07) is 1.90. The standard InChI is InChI=1S/C11H14ClFN2O3S/c1-11(2-3-18-6-11)15-19(16,17)10-5-9(14)8(13)4-7(10)12/h4-5,15H,2-3,6,14H2,1H3. The number of rotatable bonds is 3. The second-order valence-corrected chi connectivity index (χ2v) is 6.83. The third-order valence-electron chi connectivity index (χ3n) is 2.94. The van der Waals surface area contributed by atoms with Gasteiger partial charge >= 0.3 is 0 Å². The molecule has 1 aromatic rings. The summed E-state index contributed by atoms with van der Waals surface area (Å²) in [6.07, 6.45) is 0.556. The Morgan fingerprint density at radius 2 is 2.21 bits per heavy atom. The van der Waals surface area contributed by atoms with Crippen LogP contribution in [0.1, 0.15) is 13.3 Å². The summed E-state index contributed by atoms with van der Waals surface area (Å²) < 4.78 is 45.4. The molecule has 5 nitrogen and oxygen atoms in total. The van der Waals surface area contributed by atoms with Crippen molar-refractivity contribution in [3.05, 3.63) is 23.0 Å². The van der Waals surface area contributed by atoms with Gasteiger partial charge in [-0.3, -0.25) is 0 Å². The first-order chi connectivity index (χ1) is 8.73. The van der Waals surface area contributed by atoms with Crippen LogP contribution in [0.15, 0.2) is 17.0 Å². The van der Waals surface area contributed by atoms with Crippen LogP contribution in [0.3, 0.4) is 0 Å². The first kappa shape index (κ1) is 14.5. The van der Waals surface area contributed by atoms with Crippen molar-refractivity contribution < 1.29 is 17.5 Å². The van der Waals surface area contributed by atoms with Crippen molar-refractivity contribution in [2.75, 3.05) is 18.9 Å². The van der Waals surface area contributed by atoms with Crippen molar-refractivity contribution >= 4 is 27.3 Å². The Bertz CT molecular complexity index is 600. The zero-order valence-electron chi connectivity index (χ0n) is 10.2. The van der Waals surface area contributed by atoms with Gasteiger partial charge in [0.05, 0.1) is 22.9 Å². The molecule has 0 radical (unpaired) electrons. The van der Waals surface area contributed by atoms with Crippen LogP contribution in [-0.2, 0) is 14.8 Å². The SMILES string of the molecule is CC1(NS(=O)(=O)c2cc(N)c(F)cc2Cl)CCOC1. The molecule has 0 aliphatic carbocycles. The molecule has 1 atom stereocenters. The first-order valence-electron chi connectivity index (χ1n) is 5.60. The molecule has 1 aromatic carbocycles. The average Bonchev–Trinajstić information content (AvgIpc) is 2.68. The molecule has 0 aromatic heterocycles. The third-order valence-corrected chi connectivity index (χ3v) is 5.04. The maximum absolute atomic E-state index is 13.2. The summed E-state index contributed by atoms with van der Waals surface area (Å²) in [6.45, 7) is 2.50. The third kappa shape index (κ3) is 3.00. The van der Waals surface area contributed by atoms with Gasteiger partial charge in [0.1, 0.15) is 10.7 Å². The highest BCUT2D eigenvalue weighted by atomic mass is 35.5. The molecule has 0 saturated carbocycles. The number of anilines is 1. The lowest BCUT2D eigenvalue weighted by Crippen LogP contribution is -2.46. The maximum atomic E-state index is 13.2. The van der Waals surface area contributed by atoms with Gasteiger partial charge in [-0.25, -0.2) is 17.5 Å². The van der Waals surface area contributed by atoms with E-state index in [1.807, 2.05) is 0 Å². The number of sulfonamides is 1. The first-order valence-corrected chi connectivity index (χ1v) is 7.46. The normalized spacial score (nSPS) is 23.7. The summed E-state index contributed by atoms with van der Waals surface area (Å²) in [7, 11) is -3.88. The molecule has 8 heteroatoms. The molecule has 1 aliphatic rings. The lowest BCUT2D eigenvalue weighted by molar-refractivity contribution is 0.178. The second kappa shape index (κ2) is 4.90. The molecule has 19 heavy (non-hydrogen) atoms. The number of hydrogen-bond acceptors (Lipinski definition) is 4. The van der Waals surface area contributed by atoms with Crippen LogP contribution in [0, 0.1) is 5.82 Å². The maximum Gasteiger partial charge on any atom is 0.242 e. The van der Waals surface area contributed by atoms with Crippen LogP contribution >= 0.6 is 11.6 Å². The fraction of sp³-hybridized carbons (Fsp3) is 0.455. The van der Waals surface area contributed by atoms with E-state index in [2.05, 4.69) is 4.72 Å². The van der Waals surface area contributed by atoms with E-state index in [0.717, 1.165) is 12.1 Å². The topological polar surface area (TPSA) is 81.4 Å². The smallest absolute Gasteiger partial charge is 0.242 e. The number of halogens is 2. The van der Waals surface area contributed by atoms with E-state index in [1.165, 1.54) is 0 Å². The Morgan fingerprint density at radius 1 is 1.53 bits per heavy atom. The molecule has 1 heterocycles. The van der Waals surface area contributed by atoms with E-state index in [9.17, 15) is 12.8 Å². The van der Waals surface area contributed by atoms with Crippen molar-refractivity contribution in [1.82, 2.24) is 4.72 Å². The van der Waals surface area contributed by atoms with E-state index in [-0.39, 0.29) is 22.2 Å². The minimum Gasteiger partial charge on any atom is -0.396 e. The molecular weight excluding hydrogens is 295 g/mol. The summed E-state index contributed by atoms with van der Waals surface area (Å²) >= 11 is 5.77. The zero-order chi connectivity index (χ0) is 14.3. The quantitative estimate of drug-likeness (QED) is 0.830. The highest BCUT2D eigenvalue weighted by Gasteiger charge is 2.35. The molecule has 106 valence electrons. The zero-order valence-corrected chi connectivity index (χ0v) is 11.8. The molecule has 1 aliphatic heterocycles. The predicted molar refractivity (Wildman–Crippen MR) is 70.0 cm³/mol. The fourth-order valence-corrected chi connectivity index (χ4v) is 3.85. The highest BCUT2D eigenvalue weighted by Crippen LogP contribution is 2.28. The van der Waals surface area contributed by atoms with Crippen molar-refractivity contribution in [2.24, 2.45) is 0 Å². The van der Waals surface area contributed by atoms with Gasteiger partial charge in [0.15, 0.2) is 0 Å². The van der Waals surface area contributed by atoms with Gasteiger partial charge in [-0.05, 0) is 25.5 Å². The van der Waals surface area contributed by atoms with Gasteiger partial charge in [0.25, 0.3) is 0 Å². The van der Waals surface area contributed by atoms with Crippen molar-refractivity contribution in [3.63, 3.8) is 0 Å². The van der Waals surface area contributed by atoms with Gasteiger partial charge in [0, 0.05) is 6.61 Å². The van der Waals surface area contributed by atoms with Gasteiger partial charge in [0.2, 0.25) is 10.0 Å². The molecule has 2 rings (SSSR count). The van der Waals surface area contributed by atoms with E-state index >= 15 is 0 Å². The monoisotopic (exact) mass is 308 g/mol.